The van der Waals surface area contributed by atoms with E-state index in [0.29, 0.717) is 25.1 Å². The molecule has 0 bridgehead atoms. The van der Waals surface area contributed by atoms with Crippen LogP contribution in [0.5, 0.6) is 0 Å². The summed E-state index contributed by atoms with van der Waals surface area (Å²) in [6.07, 6.45) is -1.44. The average molecular weight is 283 g/mol. The maximum absolute atomic E-state index is 13.1. The highest BCUT2D eigenvalue weighted by Gasteiger charge is 2.34. The second kappa shape index (κ2) is 5.66. The molecule has 2 N–H and O–H groups in total. The van der Waals surface area contributed by atoms with Gasteiger partial charge in [0.25, 0.3) is 0 Å². The molecule has 1 aromatic heterocycles. The van der Waals surface area contributed by atoms with Crippen molar-refractivity contribution in [2.24, 2.45) is 12.8 Å². The summed E-state index contributed by atoms with van der Waals surface area (Å²) in [4.78, 5) is 0. The van der Waals surface area contributed by atoms with E-state index in [9.17, 15) is 13.2 Å². The van der Waals surface area contributed by atoms with E-state index in [1.165, 1.54) is 16.8 Å². The number of halogens is 3. The molecule has 0 atom stereocenters. The summed E-state index contributed by atoms with van der Waals surface area (Å²) in [5, 5.41) is 4.08. The number of hydrogen-bond acceptors (Lipinski definition) is 2. The lowest BCUT2D eigenvalue weighted by Gasteiger charge is -2.14. The Labute approximate surface area is 115 Å². The van der Waals surface area contributed by atoms with Gasteiger partial charge in [-0.05, 0) is 31.0 Å². The zero-order chi connectivity index (χ0) is 14.8. The predicted molar refractivity (Wildman–Crippen MR) is 71.0 cm³/mol. The number of aromatic nitrogens is 2. The number of alkyl halides is 3. The van der Waals surface area contributed by atoms with E-state index in [1.54, 1.807) is 19.3 Å². The normalized spacial score (nSPS) is 11.8. The Hall–Kier alpha value is -1.82. The van der Waals surface area contributed by atoms with Gasteiger partial charge in [-0.25, -0.2) is 0 Å². The van der Waals surface area contributed by atoms with E-state index in [0.717, 1.165) is 11.6 Å². The molecule has 0 aliphatic carbocycles. The van der Waals surface area contributed by atoms with Crippen molar-refractivity contribution in [2.75, 3.05) is 6.54 Å². The van der Waals surface area contributed by atoms with Crippen LogP contribution in [0.2, 0.25) is 0 Å². The zero-order valence-corrected chi connectivity index (χ0v) is 11.1. The van der Waals surface area contributed by atoms with Gasteiger partial charge in [-0.2, -0.15) is 18.3 Å². The lowest BCUT2D eigenvalue weighted by Crippen LogP contribution is -2.09. The molecule has 1 aromatic carbocycles. The molecule has 0 unspecified atom stereocenters. The highest BCUT2D eigenvalue weighted by molar-refractivity contribution is 5.68. The summed E-state index contributed by atoms with van der Waals surface area (Å²) in [5.41, 5.74) is 6.27. The van der Waals surface area contributed by atoms with Crippen molar-refractivity contribution >= 4 is 0 Å². The fraction of sp³-hybridized carbons (Fsp3) is 0.357. The summed E-state index contributed by atoms with van der Waals surface area (Å²) >= 11 is 0. The van der Waals surface area contributed by atoms with Crippen LogP contribution in [0.4, 0.5) is 13.2 Å². The fourth-order valence-corrected chi connectivity index (χ4v) is 2.24. The first-order chi connectivity index (χ1) is 9.45. The molecular weight excluding hydrogens is 267 g/mol. The van der Waals surface area contributed by atoms with Gasteiger partial charge < -0.3 is 5.73 Å². The van der Waals surface area contributed by atoms with Crippen molar-refractivity contribution in [3.05, 3.63) is 41.6 Å². The Kier molecular flexibility index (Phi) is 4.13. The van der Waals surface area contributed by atoms with Gasteiger partial charge in [-0.1, -0.05) is 18.2 Å². The van der Waals surface area contributed by atoms with Crippen LogP contribution in [0.15, 0.2) is 30.5 Å². The maximum Gasteiger partial charge on any atom is 0.417 e. The van der Waals surface area contributed by atoms with Crippen molar-refractivity contribution in [1.82, 2.24) is 9.78 Å². The highest BCUT2D eigenvalue weighted by Crippen LogP contribution is 2.38. The van der Waals surface area contributed by atoms with Crippen LogP contribution in [0, 0.1) is 0 Å². The van der Waals surface area contributed by atoms with Crippen molar-refractivity contribution < 1.29 is 13.2 Å². The number of nitrogens with zero attached hydrogens (tertiary/aromatic N) is 2. The van der Waals surface area contributed by atoms with E-state index in [4.69, 9.17) is 5.73 Å². The van der Waals surface area contributed by atoms with Gasteiger partial charge in [-0.3, -0.25) is 4.68 Å². The second-order valence-electron chi connectivity index (χ2n) is 4.58. The van der Waals surface area contributed by atoms with Gasteiger partial charge in [0.1, 0.15) is 0 Å². The van der Waals surface area contributed by atoms with E-state index in [1.807, 2.05) is 0 Å². The highest BCUT2D eigenvalue weighted by atomic mass is 19.4. The third-order valence-electron chi connectivity index (χ3n) is 3.15. The SMILES string of the molecule is Cn1ncc(CCCN)c1-c1ccccc1C(F)(F)F. The minimum absolute atomic E-state index is 0.159. The fourth-order valence-electron chi connectivity index (χ4n) is 2.24. The summed E-state index contributed by atoms with van der Waals surface area (Å²) in [6, 6.07) is 5.56. The van der Waals surface area contributed by atoms with Gasteiger partial charge in [0.15, 0.2) is 0 Å². The number of aryl methyl sites for hydroxylation is 2. The largest absolute Gasteiger partial charge is 0.417 e. The molecule has 2 rings (SSSR count). The topological polar surface area (TPSA) is 43.8 Å². The molecule has 0 amide bonds. The molecule has 108 valence electrons. The van der Waals surface area contributed by atoms with Crippen LogP contribution >= 0.6 is 0 Å². The summed E-state index contributed by atoms with van der Waals surface area (Å²) < 4.78 is 40.8. The van der Waals surface area contributed by atoms with Crippen molar-refractivity contribution in [3.8, 4) is 11.3 Å². The van der Waals surface area contributed by atoms with Crippen molar-refractivity contribution in [3.63, 3.8) is 0 Å². The Morgan fingerprint density at radius 1 is 1.25 bits per heavy atom. The lowest BCUT2D eigenvalue weighted by molar-refractivity contribution is -0.137. The van der Waals surface area contributed by atoms with Crippen LogP contribution < -0.4 is 5.73 Å². The molecule has 1 heterocycles. The molecular formula is C14H16F3N3. The molecule has 0 radical (unpaired) electrons. The Morgan fingerprint density at radius 3 is 2.60 bits per heavy atom. The third-order valence-corrected chi connectivity index (χ3v) is 3.15. The van der Waals surface area contributed by atoms with Crippen LogP contribution in [0.25, 0.3) is 11.3 Å². The quantitative estimate of drug-likeness (QED) is 0.937. The molecule has 2 aromatic rings. The second-order valence-corrected chi connectivity index (χ2v) is 4.58. The number of benzene rings is 1. The van der Waals surface area contributed by atoms with Gasteiger partial charge >= 0.3 is 6.18 Å². The molecule has 3 nitrogen and oxygen atoms in total. The molecule has 0 spiro atoms. The molecule has 0 saturated carbocycles. The molecule has 20 heavy (non-hydrogen) atoms. The van der Waals surface area contributed by atoms with E-state index in [-0.39, 0.29) is 5.56 Å². The number of hydrogen-bond donors (Lipinski definition) is 1. The Morgan fingerprint density at radius 2 is 1.95 bits per heavy atom. The van der Waals surface area contributed by atoms with Crippen molar-refractivity contribution in [2.45, 2.75) is 19.0 Å². The van der Waals surface area contributed by atoms with Gasteiger partial charge in [0, 0.05) is 12.6 Å². The molecule has 0 aliphatic heterocycles. The maximum atomic E-state index is 13.1. The number of nitrogens with two attached hydrogens (primary N) is 1. The number of rotatable bonds is 4. The standard InChI is InChI=1S/C14H16F3N3/c1-20-13(10(9-19-20)5-4-8-18)11-6-2-3-7-12(11)14(15,16)17/h2-3,6-7,9H,4-5,8,18H2,1H3. The first kappa shape index (κ1) is 14.6. The van der Waals surface area contributed by atoms with Crippen LogP contribution in [-0.2, 0) is 19.6 Å². The first-order valence-corrected chi connectivity index (χ1v) is 6.32. The minimum atomic E-state index is -4.38. The van der Waals surface area contributed by atoms with E-state index >= 15 is 0 Å². The van der Waals surface area contributed by atoms with E-state index in [2.05, 4.69) is 5.10 Å². The van der Waals surface area contributed by atoms with Crippen LogP contribution in [0.3, 0.4) is 0 Å². The summed E-state index contributed by atoms with van der Waals surface area (Å²) in [6.45, 7) is 0.495. The summed E-state index contributed by atoms with van der Waals surface area (Å²) in [7, 11) is 1.65. The monoisotopic (exact) mass is 283 g/mol. The zero-order valence-electron chi connectivity index (χ0n) is 11.1. The minimum Gasteiger partial charge on any atom is -0.330 e. The smallest absolute Gasteiger partial charge is 0.330 e. The van der Waals surface area contributed by atoms with Gasteiger partial charge in [0.2, 0.25) is 0 Å². The lowest BCUT2D eigenvalue weighted by atomic mass is 9.99. The first-order valence-electron chi connectivity index (χ1n) is 6.32. The van der Waals surface area contributed by atoms with Gasteiger partial charge in [0.05, 0.1) is 17.5 Å². The average Bonchev–Trinajstić information content (AvgIpc) is 2.76. The third kappa shape index (κ3) is 2.85. The molecule has 6 heteroatoms. The van der Waals surface area contributed by atoms with E-state index < -0.39 is 11.7 Å². The van der Waals surface area contributed by atoms with Gasteiger partial charge in [-0.15, -0.1) is 0 Å². The van der Waals surface area contributed by atoms with Crippen LogP contribution in [0.1, 0.15) is 17.5 Å². The van der Waals surface area contributed by atoms with Crippen LogP contribution in [-0.4, -0.2) is 16.3 Å². The Balaban J connectivity index is 2.54. The Bertz CT molecular complexity index is 588. The molecule has 0 aliphatic rings. The summed E-state index contributed by atoms with van der Waals surface area (Å²) in [5.74, 6) is 0. The molecule has 0 fully saturated rings. The van der Waals surface area contributed by atoms with Crippen molar-refractivity contribution in [1.29, 1.82) is 0 Å². The predicted octanol–water partition coefficient (Wildman–Crippen LogP) is 3.00. The molecule has 0 saturated heterocycles.